The van der Waals surface area contributed by atoms with Crippen LogP contribution < -0.4 is 10.2 Å². The third-order valence-corrected chi connectivity index (χ3v) is 3.32. The highest BCUT2D eigenvalue weighted by atomic mass is 16.2. The minimum atomic E-state index is -0.0657. The van der Waals surface area contributed by atoms with Crippen molar-refractivity contribution in [2.75, 3.05) is 23.8 Å². The molecule has 0 aliphatic carbocycles. The van der Waals surface area contributed by atoms with E-state index in [1.54, 1.807) is 24.3 Å². The molecule has 1 aromatic heterocycles. The van der Waals surface area contributed by atoms with Crippen LogP contribution in [0.25, 0.3) is 0 Å². The minimum Gasteiger partial charge on any atom is -0.385 e. The number of pyridine rings is 1. The first kappa shape index (κ1) is 15.0. The van der Waals surface area contributed by atoms with Crippen LogP contribution in [0.1, 0.15) is 28.4 Å². The highest BCUT2D eigenvalue weighted by Gasteiger charge is 2.17. The fourth-order valence-corrected chi connectivity index (χ4v) is 2.35. The Bertz CT molecular complexity index is 632. The Morgan fingerprint density at radius 1 is 1.24 bits per heavy atom. The molecule has 0 atom stereocenters. The molecule has 2 rings (SSSR count). The fraction of sp³-hybridized carbons (Fsp3) is 0.294. The summed E-state index contributed by atoms with van der Waals surface area (Å²) in [7, 11) is 1.79. The third kappa shape index (κ3) is 3.40. The minimum absolute atomic E-state index is 0.0657. The molecule has 1 amide bonds. The van der Waals surface area contributed by atoms with Gasteiger partial charge in [-0.1, -0.05) is 6.07 Å². The van der Waals surface area contributed by atoms with Gasteiger partial charge in [0.15, 0.2) is 0 Å². The van der Waals surface area contributed by atoms with Crippen LogP contribution in [0.3, 0.4) is 0 Å². The number of nitrogens with zero attached hydrogens (tertiary/aromatic N) is 2. The highest BCUT2D eigenvalue weighted by molar-refractivity contribution is 6.09. The maximum Gasteiger partial charge on any atom is 0.261 e. The second kappa shape index (κ2) is 6.39. The summed E-state index contributed by atoms with van der Waals surface area (Å²) in [5, 5.41) is 3.20. The normalized spacial score (nSPS) is 10.3. The molecule has 0 aliphatic heterocycles. The molecule has 4 nitrogen and oxygen atoms in total. The van der Waals surface area contributed by atoms with Crippen molar-refractivity contribution < 1.29 is 4.79 Å². The van der Waals surface area contributed by atoms with Crippen molar-refractivity contribution in [3.63, 3.8) is 0 Å². The maximum absolute atomic E-state index is 12.7. The lowest BCUT2D eigenvalue weighted by molar-refractivity contribution is 0.0993. The molecule has 1 heterocycles. The van der Waals surface area contributed by atoms with E-state index in [0.29, 0.717) is 5.56 Å². The van der Waals surface area contributed by atoms with Crippen LogP contribution in [0.2, 0.25) is 0 Å². The maximum atomic E-state index is 12.7. The number of rotatable bonds is 4. The molecule has 0 saturated heterocycles. The van der Waals surface area contributed by atoms with Gasteiger partial charge in [0.05, 0.1) is 11.3 Å². The van der Waals surface area contributed by atoms with Crippen LogP contribution in [0.15, 0.2) is 36.7 Å². The molecule has 0 fully saturated rings. The lowest BCUT2D eigenvalue weighted by Gasteiger charge is -2.20. The second-order valence-electron chi connectivity index (χ2n) is 5.16. The van der Waals surface area contributed by atoms with Gasteiger partial charge in [0.2, 0.25) is 0 Å². The number of aromatic nitrogens is 1. The van der Waals surface area contributed by atoms with Crippen LogP contribution in [-0.2, 0) is 0 Å². The number of benzene rings is 1. The Morgan fingerprint density at radius 3 is 2.52 bits per heavy atom. The first-order valence-electron chi connectivity index (χ1n) is 7.07. The van der Waals surface area contributed by atoms with E-state index >= 15 is 0 Å². The number of carbonyl (C=O) groups is 1. The summed E-state index contributed by atoms with van der Waals surface area (Å²) in [5.41, 5.74) is 4.57. The molecular weight excluding hydrogens is 262 g/mol. The molecule has 1 aromatic carbocycles. The molecule has 0 unspecified atom stereocenters. The Balaban J connectivity index is 2.35. The van der Waals surface area contributed by atoms with Crippen LogP contribution in [0.5, 0.6) is 0 Å². The number of anilines is 2. The standard InChI is InChI=1S/C17H21N3O/c1-5-19-16-6-7-18-11-15(16)17(21)20(4)14-9-12(2)8-13(3)10-14/h6-11H,5H2,1-4H3,(H,18,19). The van der Waals surface area contributed by atoms with Gasteiger partial charge in [-0.2, -0.15) is 0 Å². The number of nitrogens with one attached hydrogen (secondary N) is 1. The van der Waals surface area contributed by atoms with Gasteiger partial charge in [-0.25, -0.2) is 0 Å². The zero-order valence-corrected chi connectivity index (χ0v) is 13.0. The molecule has 1 N–H and O–H groups in total. The first-order chi connectivity index (χ1) is 10.0. The van der Waals surface area contributed by atoms with Gasteiger partial charge in [0, 0.05) is 31.7 Å². The van der Waals surface area contributed by atoms with E-state index in [-0.39, 0.29) is 5.91 Å². The molecule has 110 valence electrons. The van der Waals surface area contributed by atoms with Gasteiger partial charge in [0.25, 0.3) is 5.91 Å². The third-order valence-electron chi connectivity index (χ3n) is 3.32. The summed E-state index contributed by atoms with van der Waals surface area (Å²) >= 11 is 0. The Labute approximate surface area is 125 Å². The molecule has 4 heteroatoms. The van der Waals surface area contributed by atoms with E-state index in [1.807, 2.05) is 39.0 Å². The summed E-state index contributed by atoms with van der Waals surface area (Å²) in [4.78, 5) is 18.4. The Kier molecular flexibility index (Phi) is 4.58. The van der Waals surface area contributed by atoms with E-state index < -0.39 is 0 Å². The first-order valence-corrected chi connectivity index (χ1v) is 7.07. The van der Waals surface area contributed by atoms with E-state index in [1.165, 1.54) is 0 Å². The van der Waals surface area contributed by atoms with E-state index in [9.17, 15) is 4.79 Å². The fourth-order valence-electron chi connectivity index (χ4n) is 2.35. The number of hydrogen-bond donors (Lipinski definition) is 1. The molecule has 0 saturated carbocycles. The van der Waals surface area contributed by atoms with Crippen LogP contribution in [0.4, 0.5) is 11.4 Å². The van der Waals surface area contributed by atoms with Gasteiger partial charge in [-0.3, -0.25) is 9.78 Å². The SMILES string of the molecule is CCNc1ccncc1C(=O)N(C)c1cc(C)cc(C)c1. The molecule has 0 bridgehead atoms. The highest BCUT2D eigenvalue weighted by Crippen LogP contribution is 2.22. The summed E-state index contributed by atoms with van der Waals surface area (Å²) in [6.45, 7) is 6.83. The molecular formula is C17H21N3O. The average molecular weight is 283 g/mol. The summed E-state index contributed by atoms with van der Waals surface area (Å²) < 4.78 is 0. The number of hydrogen-bond acceptors (Lipinski definition) is 3. The van der Waals surface area contributed by atoms with Crippen molar-refractivity contribution in [3.8, 4) is 0 Å². The van der Waals surface area contributed by atoms with E-state index in [4.69, 9.17) is 0 Å². The quantitative estimate of drug-likeness (QED) is 0.935. The van der Waals surface area contributed by atoms with Gasteiger partial charge >= 0.3 is 0 Å². The van der Waals surface area contributed by atoms with Crippen LogP contribution in [-0.4, -0.2) is 24.5 Å². The second-order valence-corrected chi connectivity index (χ2v) is 5.16. The van der Waals surface area contributed by atoms with Crippen molar-refractivity contribution >= 4 is 17.3 Å². The van der Waals surface area contributed by atoms with Crippen LogP contribution in [0, 0.1) is 13.8 Å². The Morgan fingerprint density at radius 2 is 1.90 bits per heavy atom. The van der Waals surface area contributed by atoms with E-state index in [0.717, 1.165) is 29.0 Å². The largest absolute Gasteiger partial charge is 0.385 e. The average Bonchev–Trinajstić information content (AvgIpc) is 2.45. The van der Waals surface area contributed by atoms with Crippen molar-refractivity contribution in [1.82, 2.24) is 4.98 Å². The monoisotopic (exact) mass is 283 g/mol. The molecule has 21 heavy (non-hydrogen) atoms. The molecule has 0 spiro atoms. The predicted molar refractivity (Wildman–Crippen MR) is 87.1 cm³/mol. The summed E-state index contributed by atoms with van der Waals surface area (Å²) in [6.07, 6.45) is 3.30. The lowest BCUT2D eigenvalue weighted by atomic mass is 10.1. The molecule has 0 radical (unpaired) electrons. The van der Waals surface area contributed by atoms with Crippen molar-refractivity contribution in [1.29, 1.82) is 0 Å². The van der Waals surface area contributed by atoms with Gasteiger partial charge < -0.3 is 10.2 Å². The van der Waals surface area contributed by atoms with Gasteiger partial charge in [-0.15, -0.1) is 0 Å². The van der Waals surface area contributed by atoms with Crippen molar-refractivity contribution in [2.45, 2.75) is 20.8 Å². The van der Waals surface area contributed by atoms with Crippen molar-refractivity contribution in [2.24, 2.45) is 0 Å². The molecule has 0 aliphatic rings. The zero-order chi connectivity index (χ0) is 15.4. The smallest absolute Gasteiger partial charge is 0.261 e. The Hall–Kier alpha value is -2.36. The zero-order valence-electron chi connectivity index (χ0n) is 13.0. The number of aryl methyl sites for hydroxylation is 2. The summed E-state index contributed by atoms with van der Waals surface area (Å²) in [6, 6.07) is 7.93. The predicted octanol–water partition coefficient (Wildman–Crippen LogP) is 3.41. The van der Waals surface area contributed by atoms with Gasteiger partial charge in [-0.05, 0) is 50.1 Å². The topological polar surface area (TPSA) is 45.2 Å². The van der Waals surface area contributed by atoms with Crippen LogP contribution >= 0.6 is 0 Å². The lowest BCUT2D eigenvalue weighted by Crippen LogP contribution is -2.27. The summed E-state index contributed by atoms with van der Waals surface area (Å²) in [5.74, 6) is -0.0657. The molecule has 2 aromatic rings. The van der Waals surface area contributed by atoms with Crippen molar-refractivity contribution in [3.05, 3.63) is 53.3 Å². The number of carbonyl (C=O) groups excluding carboxylic acids is 1. The van der Waals surface area contributed by atoms with Gasteiger partial charge in [0.1, 0.15) is 0 Å². The number of amides is 1. The van der Waals surface area contributed by atoms with E-state index in [2.05, 4.69) is 16.4 Å².